The molecule has 0 saturated heterocycles. The molecule has 168 valence electrons. The number of ether oxygens (including phenoxy) is 2. The van der Waals surface area contributed by atoms with Crippen molar-refractivity contribution < 1.29 is 24.2 Å². The van der Waals surface area contributed by atoms with Crippen molar-refractivity contribution >= 4 is 29.3 Å². The van der Waals surface area contributed by atoms with Crippen LogP contribution in [-0.4, -0.2) is 43.0 Å². The van der Waals surface area contributed by atoms with E-state index in [4.69, 9.17) is 9.47 Å². The minimum atomic E-state index is -1.04. The van der Waals surface area contributed by atoms with Crippen LogP contribution in [0.5, 0.6) is 11.5 Å². The van der Waals surface area contributed by atoms with Gasteiger partial charge in [0.25, 0.3) is 0 Å². The maximum absolute atomic E-state index is 13.5. The van der Waals surface area contributed by atoms with E-state index in [0.29, 0.717) is 29.3 Å². The fraction of sp³-hybridized carbons (Fsp3) is 0.375. The lowest BCUT2D eigenvalue weighted by molar-refractivity contribution is -0.138. The highest BCUT2D eigenvalue weighted by Crippen LogP contribution is 2.51. The zero-order valence-electron chi connectivity index (χ0n) is 18.5. The third kappa shape index (κ3) is 4.68. The SMILES string of the molecule is COc1cccc([C@H]2S[C@H](CC(=O)O)C(=O)N(CC(C)C)c3ccc(C#N)cc32)c1OC. The van der Waals surface area contributed by atoms with Crippen LogP contribution in [0.4, 0.5) is 5.69 Å². The summed E-state index contributed by atoms with van der Waals surface area (Å²) in [6.07, 6.45) is -0.306. The maximum Gasteiger partial charge on any atom is 0.305 e. The first-order valence-corrected chi connectivity index (χ1v) is 11.2. The fourth-order valence-electron chi connectivity index (χ4n) is 3.87. The number of thioether (sulfide) groups is 1. The molecule has 0 aromatic heterocycles. The molecule has 1 aliphatic heterocycles. The van der Waals surface area contributed by atoms with Gasteiger partial charge in [-0.1, -0.05) is 26.0 Å². The van der Waals surface area contributed by atoms with Crippen LogP contribution >= 0.6 is 11.8 Å². The van der Waals surface area contributed by atoms with Crippen LogP contribution in [0.2, 0.25) is 0 Å². The molecule has 0 bridgehead atoms. The normalized spacial score (nSPS) is 18.0. The van der Waals surface area contributed by atoms with Gasteiger partial charge in [0.1, 0.15) is 0 Å². The average molecular weight is 455 g/mol. The number of nitriles is 1. The number of aliphatic carboxylic acids is 1. The van der Waals surface area contributed by atoms with Gasteiger partial charge < -0.3 is 19.5 Å². The Bertz CT molecular complexity index is 1060. The summed E-state index contributed by atoms with van der Waals surface area (Å²) < 4.78 is 11.1. The molecular formula is C24H26N2O5S. The number of benzene rings is 2. The zero-order valence-corrected chi connectivity index (χ0v) is 19.3. The number of para-hydroxylation sites is 1. The second-order valence-electron chi connectivity index (χ2n) is 7.91. The van der Waals surface area contributed by atoms with Gasteiger partial charge in [0.2, 0.25) is 5.91 Å². The number of carbonyl (C=O) groups excluding carboxylic acids is 1. The highest BCUT2D eigenvalue weighted by Gasteiger charge is 2.39. The number of fused-ring (bicyclic) bond motifs is 1. The number of hydrogen-bond acceptors (Lipinski definition) is 6. The number of amides is 1. The number of anilines is 1. The predicted molar refractivity (Wildman–Crippen MR) is 123 cm³/mol. The van der Waals surface area contributed by atoms with Crippen LogP contribution in [0.3, 0.4) is 0 Å². The van der Waals surface area contributed by atoms with Gasteiger partial charge in [-0.2, -0.15) is 5.26 Å². The molecule has 0 saturated carbocycles. The topological polar surface area (TPSA) is 99.9 Å². The van der Waals surface area contributed by atoms with Crippen LogP contribution in [0.25, 0.3) is 0 Å². The van der Waals surface area contributed by atoms with E-state index in [1.807, 2.05) is 26.0 Å². The van der Waals surface area contributed by atoms with Crippen LogP contribution in [0.15, 0.2) is 36.4 Å². The minimum Gasteiger partial charge on any atom is -0.493 e. The summed E-state index contributed by atoms with van der Waals surface area (Å²) >= 11 is 1.27. The van der Waals surface area contributed by atoms with E-state index < -0.39 is 16.5 Å². The molecule has 2 aromatic carbocycles. The van der Waals surface area contributed by atoms with E-state index in [-0.39, 0.29) is 18.2 Å². The molecule has 1 aliphatic rings. The molecule has 1 heterocycles. The first kappa shape index (κ1) is 23.5. The number of nitrogens with zero attached hydrogens (tertiary/aromatic N) is 2. The molecule has 32 heavy (non-hydrogen) atoms. The van der Waals surface area contributed by atoms with Crippen molar-refractivity contribution in [1.82, 2.24) is 0 Å². The standard InChI is InChI=1S/C24H26N2O5S/c1-14(2)13-26-18-9-8-15(12-25)10-17(18)23(32-20(24(26)29)11-21(27)28)16-6-5-7-19(30-3)22(16)31-4/h5-10,14,20,23H,11,13H2,1-4H3,(H,27,28)/t20-,23-/m1/s1. The van der Waals surface area contributed by atoms with Crippen molar-refractivity contribution in [1.29, 1.82) is 5.26 Å². The van der Waals surface area contributed by atoms with Gasteiger partial charge in [0.15, 0.2) is 11.5 Å². The van der Waals surface area contributed by atoms with Crippen molar-refractivity contribution in [3.63, 3.8) is 0 Å². The Kier molecular flexibility index (Phi) is 7.31. The molecule has 3 rings (SSSR count). The third-order valence-electron chi connectivity index (χ3n) is 5.20. The number of hydrogen-bond donors (Lipinski definition) is 1. The van der Waals surface area contributed by atoms with Gasteiger partial charge in [-0.15, -0.1) is 11.8 Å². The van der Waals surface area contributed by atoms with Crippen molar-refractivity contribution in [3.05, 3.63) is 53.1 Å². The number of rotatable bonds is 7. The summed E-state index contributed by atoms with van der Waals surface area (Å²) in [6, 6.07) is 12.9. The summed E-state index contributed by atoms with van der Waals surface area (Å²) in [7, 11) is 3.09. The number of carboxylic acids is 1. The Morgan fingerprint density at radius 2 is 1.97 bits per heavy atom. The first-order chi connectivity index (χ1) is 15.3. The van der Waals surface area contributed by atoms with Crippen LogP contribution < -0.4 is 14.4 Å². The average Bonchev–Trinajstić information content (AvgIpc) is 2.87. The van der Waals surface area contributed by atoms with Gasteiger partial charge >= 0.3 is 5.97 Å². The molecular weight excluding hydrogens is 428 g/mol. The van der Waals surface area contributed by atoms with E-state index in [0.717, 1.165) is 11.1 Å². The third-order valence-corrected chi connectivity index (χ3v) is 6.67. The van der Waals surface area contributed by atoms with E-state index in [2.05, 4.69) is 6.07 Å². The molecule has 0 unspecified atom stereocenters. The molecule has 1 N–H and O–H groups in total. The van der Waals surface area contributed by atoms with E-state index in [1.54, 1.807) is 43.4 Å². The Morgan fingerprint density at radius 1 is 1.22 bits per heavy atom. The molecule has 2 aromatic rings. The smallest absolute Gasteiger partial charge is 0.305 e. The molecule has 0 aliphatic carbocycles. The van der Waals surface area contributed by atoms with Gasteiger partial charge in [-0.05, 0) is 35.7 Å². The number of carbonyl (C=O) groups is 2. The largest absolute Gasteiger partial charge is 0.493 e. The van der Waals surface area contributed by atoms with Gasteiger partial charge in [-0.3, -0.25) is 9.59 Å². The van der Waals surface area contributed by atoms with Crippen LogP contribution in [0, 0.1) is 17.2 Å². The fourth-order valence-corrected chi connectivity index (χ4v) is 5.35. The lowest BCUT2D eigenvalue weighted by Crippen LogP contribution is -2.40. The summed E-state index contributed by atoms with van der Waals surface area (Å²) in [5.41, 5.74) is 2.66. The van der Waals surface area contributed by atoms with Crippen LogP contribution in [0.1, 0.15) is 42.2 Å². The second-order valence-corrected chi connectivity index (χ2v) is 9.23. The van der Waals surface area contributed by atoms with Crippen molar-refractivity contribution in [2.75, 3.05) is 25.7 Å². The predicted octanol–water partition coefficient (Wildman–Crippen LogP) is 4.24. The molecule has 1 amide bonds. The highest BCUT2D eigenvalue weighted by molar-refractivity contribution is 8.01. The minimum absolute atomic E-state index is 0.167. The summed E-state index contributed by atoms with van der Waals surface area (Å²) in [6.45, 7) is 4.45. The zero-order chi connectivity index (χ0) is 23.4. The molecule has 2 atom stereocenters. The molecule has 0 radical (unpaired) electrons. The lowest BCUT2D eigenvalue weighted by Gasteiger charge is -2.27. The number of methoxy groups -OCH3 is 2. The molecule has 8 heteroatoms. The van der Waals surface area contributed by atoms with Crippen molar-refractivity contribution in [3.8, 4) is 17.6 Å². The van der Waals surface area contributed by atoms with Gasteiger partial charge in [0.05, 0.1) is 42.8 Å². The second kappa shape index (κ2) is 9.96. The lowest BCUT2D eigenvalue weighted by atomic mass is 9.98. The highest BCUT2D eigenvalue weighted by atomic mass is 32.2. The summed E-state index contributed by atoms with van der Waals surface area (Å²) in [4.78, 5) is 26.8. The van der Waals surface area contributed by atoms with E-state index in [1.165, 1.54) is 11.8 Å². The Morgan fingerprint density at radius 3 is 2.56 bits per heavy atom. The van der Waals surface area contributed by atoms with E-state index in [9.17, 15) is 20.0 Å². The molecule has 0 fully saturated rings. The Labute approximate surface area is 191 Å². The molecule has 7 nitrogen and oxygen atoms in total. The first-order valence-electron chi connectivity index (χ1n) is 10.2. The maximum atomic E-state index is 13.5. The van der Waals surface area contributed by atoms with Crippen LogP contribution in [-0.2, 0) is 9.59 Å². The van der Waals surface area contributed by atoms with Gasteiger partial charge in [0, 0.05) is 17.8 Å². The summed E-state index contributed by atoms with van der Waals surface area (Å²) in [5.74, 6) is -0.0738. The van der Waals surface area contributed by atoms with Crippen molar-refractivity contribution in [2.45, 2.75) is 30.8 Å². The Balaban J connectivity index is 2.29. The quantitative estimate of drug-likeness (QED) is 0.668. The monoisotopic (exact) mass is 454 g/mol. The van der Waals surface area contributed by atoms with E-state index >= 15 is 0 Å². The van der Waals surface area contributed by atoms with Crippen molar-refractivity contribution in [2.24, 2.45) is 5.92 Å². The summed E-state index contributed by atoms with van der Waals surface area (Å²) in [5, 5.41) is 17.8. The Hall–Kier alpha value is -3.18. The molecule has 0 spiro atoms. The van der Waals surface area contributed by atoms with Gasteiger partial charge in [-0.25, -0.2) is 0 Å². The number of carboxylic acid groups (broad SMARTS) is 1.